The minimum Gasteiger partial charge on any atom is -0.404 e. The molecule has 0 unspecified atom stereocenters. The third-order valence-electron chi connectivity index (χ3n) is 2.06. The van der Waals surface area contributed by atoms with Gasteiger partial charge < -0.3 is 10.5 Å². The zero-order valence-electron chi connectivity index (χ0n) is 9.56. The highest BCUT2D eigenvalue weighted by molar-refractivity contribution is 6.32. The lowest BCUT2D eigenvalue weighted by atomic mass is 10.0. The summed E-state index contributed by atoms with van der Waals surface area (Å²) in [6.45, 7) is 0. The van der Waals surface area contributed by atoms with Gasteiger partial charge in [-0.1, -0.05) is 17.7 Å². The summed E-state index contributed by atoms with van der Waals surface area (Å²) in [6.07, 6.45) is -10.7. The van der Waals surface area contributed by atoms with Gasteiger partial charge in [-0.25, -0.2) is 0 Å². The molecule has 0 saturated carbocycles. The normalized spacial score (nSPS) is 13.6. The van der Waals surface area contributed by atoms with Crippen LogP contribution < -0.4 is 10.5 Å². The summed E-state index contributed by atoms with van der Waals surface area (Å²) in [7, 11) is 0. The third kappa shape index (κ3) is 6.53. The smallest absolute Gasteiger partial charge is 0.404 e. The molecule has 0 aliphatic carbocycles. The summed E-state index contributed by atoms with van der Waals surface area (Å²) in [6, 6.07) is 1.33. The van der Waals surface area contributed by atoms with E-state index < -0.39 is 35.8 Å². The van der Waals surface area contributed by atoms with Gasteiger partial charge in [0, 0.05) is 6.04 Å². The molecule has 0 fully saturated rings. The largest absolute Gasteiger partial charge is 0.573 e. The fourth-order valence-electron chi connectivity index (χ4n) is 1.32. The fraction of sp³-hybridized carbons (Fsp3) is 0.400. The van der Waals surface area contributed by atoms with E-state index in [1.54, 1.807) is 0 Å². The molecule has 1 atom stereocenters. The van der Waals surface area contributed by atoms with Crippen LogP contribution >= 0.6 is 24.0 Å². The molecule has 0 bridgehead atoms. The Morgan fingerprint density at radius 1 is 1.15 bits per heavy atom. The van der Waals surface area contributed by atoms with Crippen molar-refractivity contribution in [2.75, 3.05) is 0 Å². The number of alkyl halides is 6. The molecule has 20 heavy (non-hydrogen) atoms. The second kappa shape index (κ2) is 6.73. The van der Waals surface area contributed by atoms with Gasteiger partial charge in [0.25, 0.3) is 0 Å². The van der Waals surface area contributed by atoms with Gasteiger partial charge in [0.1, 0.15) is 5.75 Å². The summed E-state index contributed by atoms with van der Waals surface area (Å²) in [5.74, 6) is -0.697. The van der Waals surface area contributed by atoms with Gasteiger partial charge in [0.2, 0.25) is 0 Å². The molecule has 2 nitrogen and oxygen atoms in total. The van der Waals surface area contributed by atoms with Crippen molar-refractivity contribution < 1.29 is 31.1 Å². The number of hydrogen-bond donors (Lipinski definition) is 1. The van der Waals surface area contributed by atoms with Crippen molar-refractivity contribution >= 4 is 24.0 Å². The van der Waals surface area contributed by atoms with E-state index in [-0.39, 0.29) is 18.0 Å². The second-order valence-corrected chi connectivity index (χ2v) is 4.07. The first kappa shape index (κ1) is 19.1. The van der Waals surface area contributed by atoms with Gasteiger partial charge in [-0.3, -0.25) is 0 Å². The molecular weight excluding hydrogens is 335 g/mol. The van der Waals surface area contributed by atoms with Crippen LogP contribution in [0.3, 0.4) is 0 Å². The molecule has 0 aliphatic heterocycles. The average Bonchev–Trinajstić information content (AvgIpc) is 2.16. The standard InChI is InChI=1S/C10H8ClF6NO.ClH/c11-6-3-5(7(18)4-9(12,13)14)1-2-8(6)19-10(15,16)17;/h1-3,7H,4,18H2;1H/t7-;/m0./s1. The van der Waals surface area contributed by atoms with Gasteiger partial charge in [0.15, 0.2) is 0 Å². The van der Waals surface area contributed by atoms with Gasteiger partial charge in [-0.05, 0) is 17.7 Å². The first-order valence-electron chi connectivity index (χ1n) is 4.85. The summed E-state index contributed by atoms with van der Waals surface area (Å²) in [5.41, 5.74) is 5.25. The lowest BCUT2D eigenvalue weighted by Gasteiger charge is -2.16. The lowest BCUT2D eigenvalue weighted by Crippen LogP contribution is -2.20. The van der Waals surface area contributed by atoms with E-state index in [4.69, 9.17) is 17.3 Å². The summed E-state index contributed by atoms with van der Waals surface area (Å²) < 4.78 is 75.7. The first-order valence-corrected chi connectivity index (χ1v) is 5.23. The van der Waals surface area contributed by atoms with E-state index >= 15 is 0 Å². The Bertz CT molecular complexity index is 448. The molecule has 0 amide bonds. The van der Waals surface area contributed by atoms with E-state index in [1.165, 1.54) is 0 Å². The van der Waals surface area contributed by atoms with Crippen LogP contribution in [0.1, 0.15) is 18.0 Å². The number of benzene rings is 1. The Hall–Kier alpha value is -0.860. The molecule has 0 spiro atoms. The van der Waals surface area contributed by atoms with Gasteiger partial charge in [0.05, 0.1) is 11.4 Å². The SMILES string of the molecule is Cl.N[C@@H](CC(F)(F)F)c1ccc(OC(F)(F)F)c(Cl)c1. The highest BCUT2D eigenvalue weighted by Gasteiger charge is 2.33. The van der Waals surface area contributed by atoms with E-state index in [9.17, 15) is 26.3 Å². The van der Waals surface area contributed by atoms with Crippen LogP contribution in [0.2, 0.25) is 5.02 Å². The maximum Gasteiger partial charge on any atom is 0.573 e. The van der Waals surface area contributed by atoms with Crippen molar-refractivity contribution in [3.63, 3.8) is 0 Å². The zero-order valence-corrected chi connectivity index (χ0v) is 11.1. The molecule has 1 aromatic rings. The van der Waals surface area contributed by atoms with Crippen LogP contribution in [-0.2, 0) is 0 Å². The maximum absolute atomic E-state index is 12.1. The van der Waals surface area contributed by atoms with Crippen molar-refractivity contribution in [2.24, 2.45) is 5.73 Å². The Labute approximate surface area is 121 Å². The van der Waals surface area contributed by atoms with Crippen LogP contribution in [0.5, 0.6) is 5.75 Å². The van der Waals surface area contributed by atoms with Crippen molar-refractivity contribution in [3.8, 4) is 5.75 Å². The van der Waals surface area contributed by atoms with Crippen LogP contribution in [0, 0.1) is 0 Å². The molecule has 0 aliphatic rings. The Morgan fingerprint density at radius 3 is 2.10 bits per heavy atom. The average molecular weight is 344 g/mol. The monoisotopic (exact) mass is 343 g/mol. The molecule has 1 aromatic carbocycles. The van der Waals surface area contributed by atoms with Crippen LogP contribution in [-0.4, -0.2) is 12.5 Å². The van der Waals surface area contributed by atoms with E-state index in [1.807, 2.05) is 0 Å². The summed E-state index contributed by atoms with van der Waals surface area (Å²) in [5, 5.41) is -0.465. The maximum atomic E-state index is 12.1. The van der Waals surface area contributed by atoms with Crippen LogP contribution in [0.15, 0.2) is 18.2 Å². The van der Waals surface area contributed by atoms with E-state index in [0.717, 1.165) is 18.2 Å². The first-order chi connectivity index (χ1) is 8.48. The molecule has 116 valence electrons. The predicted molar refractivity (Wildman–Crippen MR) is 63.0 cm³/mol. The minimum absolute atomic E-state index is 0. The molecule has 10 heteroatoms. The Balaban J connectivity index is 0.00000361. The molecule has 0 saturated heterocycles. The number of nitrogens with two attached hydrogens (primary N) is 1. The van der Waals surface area contributed by atoms with Gasteiger partial charge in [-0.2, -0.15) is 13.2 Å². The van der Waals surface area contributed by atoms with Gasteiger partial charge in [-0.15, -0.1) is 25.6 Å². The number of ether oxygens (including phenoxy) is 1. The highest BCUT2D eigenvalue weighted by Crippen LogP contribution is 2.34. The van der Waals surface area contributed by atoms with Crippen molar-refractivity contribution in [2.45, 2.75) is 25.0 Å². The molecule has 0 heterocycles. The zero-order chi connectivity index (χ0) is 14.8. The van der Waals surface area contributed by atoms with Gasteiger partial charge >= 0.3 is 12.5 Å². The number of halogens is 8. The van der Waals surface area contributed by atoms with Crippen molar-refractivity contribution in [1.82, 2.24) is 0 Å². The molecule has 1 rings (SSSR count). The summed E-state index contributed by atoms with van der Waals surface area (Å²) in [4.78, 5) is 0. The highest BCUT2D eigenvalue weighted by atomic mass is 35.5. The van der Waals surface area contributed by atoms with E-state index in [2.05, 4.69) is 4.74 Å². The fourth-order valence-corrected chi connectivity index (χ4v) is 1.55. The Kier molecular flexibility index (Phi) is 6.44. The van der Waals surface area contributed by atoms with Crippen molar-refractivity contribution in [3.05, 3.63) is 28.8 Å². The molecule has 2 N–H and O–H groups in total. The number of rotatable bonds is 3. The third-order valence-corrected chi connectivity index (χ3v) is 2.36. The molecule has 0 aromatic heterocycles. The minimum atomic E-state index is -4.93. The molecule has 0 radical (unpaired) electrons. The Morgan fingerprint density at radius 2 is 1.70 bits per heavy atom. The van der Waals surface area contributed by atoms with Crippen LogP contribution in [0.4, 0.5) is 26.3 Å². The predicted octanol–water partition coefficient (Wildman–Crippen LogP) is 4.61. The summed E-state index contributed by atoms with van der Waals surface area (Å²) >= 11 is 5.49. The van der Waals surface area contributed by atoms with Crippen LogP contribution in [0.25, 0.3) is 0 Å². The molecular formula is C10H9Cl2F6NO. The lowest BCUT2D eigenvalue weighted by molar-refractivity contribution is -0.274. The number of hydrogen-bond acceptors (Lipinski definition) is 2. The topological polar surface area (TPSA) is 35.2 Å². The second-order valence-electron chi connectivity index (χ2n) is 3.66. The van der Waals surface area contributed by atoms with E-state index in [0.29, 0.717) is 0 Å². The quantitative estimate of drug-likeness (QED) is 0.813. The van der Waals surface area contributed by atoms with Crippen molar-refractivity contribution in [1.29, 1.82) is 0 Å².